The molecule has 0 aromatic rings. The minimum atomic E-state index is -0.319. The third-order valence-corrected chi connectivity index (χ3v) is 1.76. The summed E-state index contributed by atoms with van der Waals surface area (Å²) in [5.74, 6) is 0. The molecule has 0 amide bonds. The molecule has 0 saturated heterocycles. The normalized spacial score (nSPS) is 14.5. The molecule has 0 saturated carbocycles. The van der Waals surface area contributed by atoms with Crippen LogP contribution in [-0.2, 0) is 0 Å². The van der Waals surface area contributed by atoms with Crippen molar-refractivity contribution in [3.63, 3.8) is 0 Å². The van der Waals surface area contributed by atoms with Crippen LogP contribution >= 0.6 is 0 Å². The molecule has 0 rings (SSSR count). The molecule has 0 bridgehead atoms. The Morgan fingerprint density at radius 1 is 1.18 bits per heavy atom. The van der Waals surface area contributed by atoms with Crippen molar-refractivity contribution < 1.29 is 5.11 Å². The Bertz CT molecular complexity index is 92.1. The number of hydrogen-bond acceptors (Lipinski definition) is 3. The van der Waals surface area contributed by atoms with Crippen molar-refractivity contribution in [3.8, 4) is 0 Å². The van der Waals surface area contributed by atoms with E-state index in [2.05, 4.69) is 13.8 Å². The largest absolute Gasteiger partial charge is 0.377 e. The van der Waals surface area contributed by atoms with Crippen molar-refractivity contribution in [2.75, 3.05) is 33.7 Å². The Labute approximate surface area is 69.6 Å². The van der Waals surface area contributed by atoms with Gasteiger partial charge in [-0.05, 0) is 27.2 Å². The zero-order valence-corrected chi connectivity index (χ0v) is 8.04. The van der Waals surface area contributed by atoms with Crippen LogP contribution in [0.4, 0.5) is 0 Å². The fourth-order valence-electron chi connectivity index (χ4n) is 1.09. The summed E-state index contributed by atoms with van der Waals surface area (Å²) in [6, 6.07) is 0. The van der Waals surface area contributed by atoms with Crippen LogP contribution in [0.25, 0.3) is 0 Å². The third-order valence-electron chi connectivity index (χ3n) is 1.76. The van der Waals surface area contributed by atoms with Gasteiger partial charge < -0.3 is 10.0 Å². The number of aliphatic hydroxyl groups excluding tert-OH is 1. The molecule has 0 heterocycles. The van der Waals surface area contributed by atoms with Crippen molar-refractivity contribution in [3.05, 3.63) is 0 Å². The summed E-state index contributed by atoms with van der Waals surface area (Å²) in [6.45, 7) is 6.64. The van der Waals surface area contributed by atoms with Gasteiger partial charge in [0.25, 0.3) is 0 Å². The molecule has 0 spiro atoms. The van der Waals surface area contributed by atoms with Gasteiger partial charge in [-0.15, -0.1) is 0 Å². The first-order valence-corrected chi connectivity index (χ1v) is 4.18. The van der Waals surface area contributed by atoms with E-state index in [9.17, 15) is 5.11 Å². The van der Waals surface area contributed by atoms with E-state index in [1.807, 2.05) is 23.9 Å². The molecule has 68 valence electrons. The summed E-state index contributed by atoms with van der Waals surface area (Å²) in [5, 5.41) is 9.56. The average molecular weight is 160 g/mol. The SMILES string of the molecule is CCN(CC)C(O)CN(C)C. The summed E-state index contributed by atoms with van der Waals surface area (Å²) in [6.07, 6.45) is -0.319. The Morgan fingerprint density at radius 3 is 1.91 bits per heavy atom. The molecule has 0 aromatic heterocycles. The van der Waals surface area contributed by atoms with Gasteiger partial charge >= 0.3 is 0 Å². The Hall–Kier alpha value is -0.120. The first-order chi connectivity index (χ1) is 5.11. The maximum Gasteiger partial charge on any atom is 0.120 e. The van der Waals surface area contributed by atoms with Gasteiger partial charge in [-0.2, -0.15) is 0 Å². The molecular formula is C8H20N2O. The smallest absolute Gasteiger partial charge is 0.120 e. The van der Waals surface area contributed by atoms with Crippen LogP contribution in [0.5, 0.6) is 0 Å². The first-order valence-electron chi connectivity index (χ1n) is 4.18. The number of aliphatic hydroxyl groups is 1. The van der Waals surface area contributed by atoms with Crippen LogP contribution in [0.15, 0.2) is 0 Å². The number of likely N-dealkylation sites (N-methyl/N-ethyl adjacent to an activating group) is 2. The van der Waals surface area contributed by atoms with Crippen molar-refractivity contribution in [2.24, 2.45) is 0 Å². The first kappa shape index (κ1) is 10.9. The van der Waals surface area contributed by atoms with Gasteiger partial charge in [0.15, 0.2) is 0 Å². The standard InChI is InChI=1S/C8H20N2O/c1-5-10(6-2)8(11)7-9(3)4/h8,11H,5-7H2,1-4H3. The van der Waals surface area contributed by atoms with Crippen molar-refractivity contribution >= 4 is 0 Å². The number of hydrogen-bond donors (Lipinski definition) is 1. The van der Waals surface area contributed by atoms with E-state index in [-0.39, 0.29) is 6.23 Å². The highest BCUT2D eigenvalue weighted by molar-refractivity contribution is 4.60. The predicted molar refractivity (Wildman–Crippen MR) is 47.5 cm³/mol. The molecule has 0 fully saturated rings. The fraction of sp³-hybridized carbons (Fsp3) is 1.00. The lowest BCUT2D eigenvalue weighted by atomic mass is 10.4. The highest BCUT2D eigenvalue weighted by Gasteiger charge is 2.11. The molecule has 0 aliphatic rings. The van der Waals surface area contributed by atoms with E-state index < -0.39 is 0 Å². The lowest BCUT2D eigenvalue weighted by molar-refractivity contribution is -0.00627. The lowest BCUT2D eigenvalue weighted by Gasteiger charge is -2.27. The van der Waals surface area contributed by atoms with Gasteiger partial charge in [0.1, 0.15) is 6.23 Å². The van der Waals surface area contributed by atoms with Crippen molar-refractivity contribution in [1.29, 1.82) is 0 Å². The van der Waals surface area contributed by atoms with Crippen LogP contribution in [0.1, 0.15) is 13.8 Å². The Morgan fingerprint density at radius 2 is 1.64 bits per heavy atom. The maximum absolute atomic E-state index is 9.56. The van der Waals surface area contributed by atoms with Crippen LogP contribution in [0, 0.1) is 0 Å². The zero-order chi connectivity index (χ0) is 8.85. The van der Waals surface area contributed by atoms with E-state index in [1.54, 1.807) is 0 Å². The molecule has 3 heteroatoms. The van der Waals surface area contributed by atoms with E-state index in [0.717, 1.165) is 13.1 Å². The Balaban J connectivity index is 3.68. The van der Waals surface area contributed by atoms with Gasteiger partial charge in [0, 0.05) is 6.54 Å². The minimum Gasteiger partial charge on any atom is -0.377 e. The number of nitrogens with zero attached hydrogens (tertiary/aromatic N) is 2. The van der Waals surface area contributed by atoms with Gasteiger partial charge in [-0.25, -0.2) is 0 Å². The molecule has 1 atom stereocenters. The second kappa shape index (κ2) is 5.52. The Kier molecular flexibility index (Phi) is 5.46. The highest BCUT2D eigenvalue weighted by atomic mass is 16.3. The molecule has 0 aromatic carbocycles. The second-order valence-electron chi connectivity index (χ2n) is 2.96. The molecule has 0 radical (unpaired) electrons. The quantitative estimate of drug-likeness (QED) is 0.582. The zero-order valence-electron chi connectivity index (χ0n) is 8.04. The van der Waals surface area contributed by atoms with Crippen molar-refractivity contribution in [1.82, 2.24) is 9.80 Å². The van der Waals surface area contributed by atoms with E-state index in [1.165, 1.54) is 0 Å². The summed E-state index contributed by atoms with van der Waals surface area (Å²) >= 11 is 0. The minimum absolute atomic E-state index is 0.319. The van der Waals surface area contributed by atoms with E-state index in [0.29, 0.717) is 6.54 Å². The molecule has 1 N–H and O–H groups in total. The topological polar surface area (TPSA) is 26.7 Å². The summed E-state index contributed by atoms with van der Waals surface area (Å²) in [5.41, 5.74) is 0. The maximum atomic E-state index is 9.56. The van der Waals surface area contributed by atoms with Crippen LogP contribution in [0.3, 0.4) is 0 Å². The van der Waals surface area contributed by atoms with Gasteiger partial charge in [-0.1, -0.05) is 13.8 Å². The van der Waals surface area contributed by atoms with Gasteiger partial charge in [0.2, 0.25) is 0 Å². The van der Waals surface area contributed by atoms with E-state index in [4.69, 9.17) is 0 Å². The second-order valence-corrected chi connectivity index (χ2v) is 2.96. The van der Waals surface area contributed by atoms with Gasteiger partial charge in [-0.3, -0.25) is 4.90 Å². The highest BCUT2D eigenvalue weighted by Crippen LogP contribution is 1.95. The fourth-order valence-corrected chi connectivity index (χ4v) is 1.09. The molecule has 1 unspecified atom stereocenters. The van der Waals surface area contributed by atoms with Crippen LogP contribution in [-0.4, -0.2) is 54.9 Å². The molecule has 0 aliphatic carbocycles. The van der Waals surface area contributed by atoms with Crippen LogP contribution in [0.2, 0.25) is 0 Å². The molecular weight excluding hydrogens is 140 g/mol. The summed E-state index contributed by atoms with van der Waals surface area (Å²) in [4.78, 5) is 4.02. The average Bonchev–Trinajstić information content (AvgIpc) is 1.88. The third kappa shape index (κ3) is 4.35. The summed E-state index contributed by atoms with van der Waals surface area (Å²) in [7, 11) is 3.93. The van der Waals surface area contributed by atoms with Gasteiger partial charge in [0.05, 0.1) is 0 Å². The predicted octanol–water partition coefficient (Wildman–Crippen LogP) is 0.208. The van der Waals surface area contributed by atoms with Crippen LogP contribution < -0.4 is 0 Å². The lowest BCUT2D eigenvalue weighted by Crippen LogP contribution is -2.41. The molecule has 0 aliphatic heterocycles. The molecule has 11 heavy (non-hydrogen) atoms. The van der Waals surface area contributed by atoms with E-state index >= 15 is 0 Å². The van der Waals surface area contributed by atoms with Crippen molar-refractivity contribution in [2.45, 2.75) is 20.1 Å². The monoisotopic (exact) mass is 160 g/mol. The summed E-state index contributed by atoms with van der Waals surface area (Å²) < 4.78 is 0. The number of rotatable bonds is 5. The molecule has 3 nitrogen and oxygen atoms in total.